The number of alkyl halides is 6. The second-order valence-corrected chi connectivity index (χ2v) is 16.5. The Kier molecular flexibility index (Phi) is 8.72. The third kappa shape index (κ3) is 6.85. The van der Waals surface area contributed by atoms with Crippen LogP contribution in [-0.2, 0) is 28.6 Å². The van der Waals surface area contributed by atoms with Crippen molar-refractivity contribution < 1.29 is 35.8 Å². The minimum absolute atomic E-state index is 0.242. The van der Waals surface area contributed by atoms with Crippen molar-refractivity contribution >= 4 is 11.4 Å². The average molecular weight is 779 g/mol. The molecule has 6 aromatic rings. The van der Waals surface area contributed by atoms with Gasteiger partial charge in [-0.25, -0.2) is 0 Å². The maximum atomic E-state index is 14.5. The standard InChI is InChI=1S/C47H40F6N2O2/c1-43(2)25-45(37-23-33(15-17-35(37)43)56-41-19-9-29(21-39(41)46(48,49)50)27-5-11-31(54)12-6-27)26-44(3,4)36-18-16-34(24-38(36)45)57-42-20-10-30(22-40(42)47(51,52)53)28-7-13-32(55)14-8-28/h5-24H,25-26,54-55H2,1-4H3. The van der Waals surface area contributed by atoms with Gasteiger partial charge in [-0.15, -0.1) is 0 Å². The number of ether oxygens (including phenoxy) is 2. The van der Waals surface area contributed by atoms with Gasteiger partial charge in [0.2, 0.25) is 0 Å². The number of anilines is 2. The Bertz CT molecular complexity index is 2340. The first-order chi connectivity index (χ1) is 26.7. The molecule has 0 fully saturated rings. The SMILES string of the molecule is CC1(C)CC2(CC(C)(C)c3ccc(Oc4ccc(-c5ccc(N)cc5)cc4C(F)(F)F)cc32)c2cc(Oc3ccc(-c4ccc(N)cc4)cc3C(F)(F)F)ccc21. The van der Waals surface area contributed by atoms with E-state index in [9.17, 15) is 26.3 Å². The Balaban J connectivity index is 1.18. The van der Waals surface area contributed by atoms with Crippen molar-refractivity contribution in [3.05, 3.63) is 155 Å². The Morgan fingerprint density at radius 2 is 0.789 bits per heavy atom. The Morgan fingerprint density at radius 1 is 0.439 bits per heavy atom. The van der Waals surface area contributed by atoms with Crippen LogP contribution in [0.5, 0.6) is 23.0 Å². The van der Waals surface area contributed by atoms with Crippen LogP contribution in [0.4, 0.5) is 37.7 Å². The largest absolute Gasteiger partial charge is 0.457 e. The first-order valence-corrected chi connectivity index (χ1v) is 18.5. The highest BCUT2D eigenvalue weighted by atomic mass is 19.4. The highest BCUT2D eigenvalue weighted by Crippen LogP contribution is 2.64. The Morgan fingerprint density at radius 3 is 1.14 bits per heavy atom. The van der Waals surface area contributed by atoms with Gasteiger partial charge in [0, 0.05) is 16.8 Å². The number of halogens is 6. The van der Waals surface area contributed by atoms with Crippen LogP contribution in [0.3, 0.4) is 0 Å². The fourth-order valence-electron chi connectivity index (χ4n) is 9.08. The third-order valence-electron chi connectivity index (χ3n) is 11.5. The normalized spacial score (nSPS) is 16.3. The van der Waals surface area contributed by atoms with E-state index in [4.69, 9.17) is 20.9 Å². The summed E-state index contributed by atoms with van der Waals surface area (Å²) in [7, 11) is 0. The van der Waals surface area contributed by atoms with Gasteiger partial charge in [-0.1, -0.05) is 76.2 Å². The summed E-state index contributed by atoms with van der Waals surface area (Å²) in [5, 5.41) is 0. The highest BCUT2D eigenvalue weighted by Gasteiger charge is 2.56. The van der Waals surface area contributed by atoms with Crippen molar-refractivity contribution in [2.24, 2.45) is 0 Å². The number of rotatable bonds is 6. The van der Waals surface area contributed by atoms with Gasteiger partial charge in [0.05, 0.1) is 11.1 Å². The van der Waals surface area contributed by atoms with E-state index < -0.39 is 28.9 Å². The predicted octanol–water partition coefficient (Wildman–Crippen LogP) is 13.5. The van der Waals surface area contributed by atoms with Crippen molar-refractivity contribution in [3.63, 3.8) is 0 Å². The van der Waals surface area contributed by atoms with Gasteiger partial charge in [0.25, 0.3) is 0 Å². The van der Waals surface area contributed by atoms with Crippen molar-refractivity contribution in [1.29, 1.82) is 0 Å². The van der Waals surface area contributed by atoms with Gasteiger partial charge >= 0.3 is 12.4 Å². The number of nitrogen functional groups attached to an aromatic ring is 2. The summed E-state index contributed by atoms with van der Waals surface area (Å²) in [6, 6.07) is 32.0. The number of nitrogens with two attached hydrogens (primary N) is 2. The molecule has 0 amide bonds. The van der Waals surface area contributed by atoms with Crippen molar-refractivity contribution in [1.82, 2.24) is 0 Å². The highest BCUT2D eigenvalue weighted by molar-refractivity contribution is 5.70. The fourth-order valence-corrected chi connectivity index (χ4v) is 9.08. The molecule has 10 heteroatoms. The third-order valence-corrected chi connectivity index (χ3v) is 11.5. The van der Waals surface area contributed by atoms with Crippen LogP contribution < -0.4 is 20.9 Å². The first kappa shape index (κ1) is 38.0. The van der Waals surface area contributed by atoms with Gasteiger partial charge in [0.1, 0.15) is 23.0 Å². The van der Waals surface area contributed by atoms with Crippen LogP contribution >= 0.6 is 0 Å². The monoisotopic (exact) mass is 778 g/mol. The molecule has 4 N–H and O–H groups in total. The molecule has 4 nitrogen and oxygen atoms in total. The molecule has 57 heavy (non-hydrogen) atoms. The molecule has 0 unspecified atom stereocenters. The van der Waals surface area contributed by atoms with E-state index in [1.807, 2.05) is 24.3 Å². The van der Waals surface area contributed by atoms with Crippen LogP contribution in [0.15, 0.2) is 121 Å². The minimum atomic E-state index is -4.70. The number of hydrogen-bond acceptors (Lipinski definition) is 4. The molecular weight excluding hydrogens is 739 g/mol. The Hall–Kier alpha value is -5.90. The van der Waals surface area contributed by atoms with Gasteiger partial charge < -0.3 is 20.9 Å². The van der Waals surface area contributed by atoms with Gasteiger partial charge in [-0.05, 0) is 141 Å². The maximum absolute atomic E-state index is 14.5. The summed E-state index contributed by atoms with van der Waals surface area (Å²) in [5.41, 5.74) is 15.2. The Labute approximate surface area is 327 Å². The minimum Gasteiger partial charge on any atom is -0.457 e. The van der Waals surface area contributed by atoms with E-state index in [1.54, 1.807) is 72.8 Å². The predicted molar refractivity (Wildman–Crippen MR) is 212 cm³/mol. The zero-order valence-electron chi connectivity index (χ0n) is 31.7. The maximum Gasteiger partial charge on any atom is 0.420 e. The molecule has 0 saturated heterocycles. The lowest BCUT2D eigenvalue weighted by Crippen LogP contribution is -2.27. The lowest BCUT2D eigenvalue weighted by Gasteiger charge is -2.31. The lowest BCUT2D eigenvalue weighted by atomic mass is 9.72. The summed E-state index contributed by atoms with van der Waals surface area (Å²) in [5.74, 6) is -0.185. The smallest absolute Gasteiger partial charge is 0.420 e. The van der Waals surface area contributed by atoms with Crippen LogP contribution in [0.1, 0.15) is 73.9 Å². The van der Waals surface area contributed by atoms with E-state index in [0.29, 0.717) is 46.5 Å². The van der Waals surface area contributed by atoms with Crippen LogP contribution in [0.25, 0.3) is 22.3 Å². The number of benzene rings is 6. The molecule has 0 heterocycles. The molecule has 0 atom stereocenters. The quantitative estimate of drug-likeness (QED) is 0.130. The summed E-state index contributed by atoms with van der Waals surface area (Å²) < 4.78 is 99.4. The summed E-state index contributed by atoms with van der Waals surface area (Å²) in [6.07, 6.45) is -8.09. The molecular formula is C47H40F6N2O2. The molecule has 0 saturated carbocycles. The van der Waals surface area contributed by atoms with Crippen molar-refractivity contribution in [2.45, 2.75) is 69.1 Å². The second kappa shape index (κ2) is 13.1. The van der Waals surface area contributed by atoms with Gasteiger partial charge in [-0.2, -0.15) is 26.3 Å². The molecule has 292 valence electrons. The van der Waals surface area contributed by atoms with E-state index in [0.717, 1.165) is 34.4 Å². The molecule has 2 aliphatic rings. The molecule has 0 radical (unpaired) electrons. The topological polar surface area (TPSA) is 70.5 Å². The van der Waals surface area contributed by atoms with Crippen molar-refractivity contribution in [2.75, 3.05) is 11.5 Å². The van der Waals surface area contributed by atoms with E-state index in [2.05, 4.69) is 27.7 Å². The van der Waals surface area contributed by atoms with Crippen LogP contribution in [0, 0.1) is 0 Å². The molecule has 1 spiro atoms. The van der Waals surface area contributed by atoms with Crippen LogP contribution in [0.2, 0.25) is 0 Å². The van der Waals surface area contributed by atoms with Crippen molar-refractivity contribution in [3.8, 4) is 45.3 Å². The summed E-state index contributed by atoms with van der Waals surface area (Å²) >= 11 is 0. The van der Waals surface area contributed by atoms with E-state index >= 15 is 0 Å². The van der Waals surface area contributed by atoms with Crippen LogP contribution in [-0.4, -0.2) is 0 Å². The zero-order valence-corrected chi connectivity index (χ0v) is 31.7. The molecule has 0 bridgehead atoms. The fraction of sp³-hybridized carbons (Fsp3) is 0.234. The first-order valence-electron chi connectivity index (χ1n) is 18.5. The molecule has 2 aliphatic carbocycles. The number of hydrogen-bond donors (Lipinski definition) is 2. The second-order valence-electron chi connectivity index (χ2n) is 16.5. The molecule has 6 aromatic carbocycles. The van der Waals surface area contributed by atoms with Gasteiger partial charge in [-0.3, -0.25) is 0 Å². The average Bonchev–Trinajstić information content (AvgIpc) is 3.50. The van der Waals surface area contributed by atoms with E-state index in [-0.39, 0.29) is 33.8 Å². The van der Waals surface area contributed by atoms with E-state index in [1.165, 1.54) is 12.1 Å². The molecule has 0 aromatic heterocycles. The van der Waals surface area contributed by atoms with Gasteiger partial charge in [0.15, 0.2) is 0 Å². The zero-order chi connectivity index (χ0) is 40.7. The molecule has 8 rings (SSSR count). The number of fused-ring (bicyclic) bond motifs is 4. The molecule has 0 aliphatic heterocycles. The lowest BCUT2D eigenvalue weighted by molar-refractivity contribution is -0.139. The summed E-state index contributed by atoms with van der Waals surface area (Å²) in [4.78, 5) is 0. The summed E-state index contributed by atoms with van der Waals surface area (Å²) in [6.45, 7) is 8.51.